The molecule has 0 spiro atoms. The molecule has 2 aliphatic rings. The number of hydrogen-bond donors (Lipinski definition) is 1. The molecule has 4 rings (SSSR count). The summed E-state index contributed by atoms with van der Waals surface area (Å²) in [5, 5.41) is 7.77. The van der Waals surface area contributed by atoms with E-state index in [0.29, 0.717) is 17.7 Å². The van der Waals surface area contributed by atoms with Crippen LogP contribution in [-0.4, -0.2) is 59.8 Å². The number of aromatic nitrogens is 2. The number of benzene rings is 1. The zero-order valence-electron chi connectivity index (χ0n) is 19.6. The summed E-state index contributed by atoms with van der Waals surface area (Å²) in [6.07, 6.45) is 6.19. The van der Waals surface area contributed by atoms with Crippen LogP contribution in [-0.2, 0) is 4.74 Å². The Morgan fingerprint density at radius 2 is 1.94 bits per heavy atom. The molecule has 0 atom stereocenters. The summed E-state index contributed by atoms with van der Waals surface area (Å²) in [7, 11) is 0. The lowest BCUT2D eigenvalue weighted by molar-refractivity contribution is 0.106. The zero-order valence-corrected chi connectivity index (χ0v) is 19.6. The highest BCUT2D eigenvalue weighted by Gasteiger charge is 2.45. The van der Waals surface area contributed by atoms with Crippen LogP contribution in [0.4, 0.5) is 4.39 Å². The molecule has 0 aliphatic carbocycles. The minimum Gasteiger partial charge on any atom is -0.461 e. The van der Waals surface area contributed by atoms with Gasteiger partial charge in [0.15, 0.2) is 5.83 Å². The van der Waals surface area contributed by atoms with E-state index in [1.165, 1.54) is 12.8 Å². The summed E-state index contributed by atoms with van der Waals surface area (Å²) < 4.78 is 22.0. The number of aromatic amines is 1. The molecule has 0 bridgehead atoms. The van der Waals surface area contributed by atoms with E-state index >= 15 is 4.39 Å². The van der Waals surface area contributed by atoms with Crippen molar-refractivity contribution in [2.75, 3.05) is 19.7 Å². The van der Waals surface area contributed by atoms with Crippen LogP contribution >= 0.6 is 0 Å². The molecule has 2 aliphatic heterocycles. The molecule has 33 heavy (non-hydrogen) atoms. The number of allylic oxidation sites excluding steroid dienone is 2. The number of nitrogens with one attached hydrogen (secondary N) is 1. The van der Waals surface area contributed by atoms with E-state index < -0.39 is 5.83 Å². The van der Waals surface area contributed by atoms with Crippen molar-refractivity contribution in [3.05, 3.63) is 46.6 Å². The van der Waals surface area contributed by atoms with Crippen molar-refractivity contribution in [1.29, 1.82) is 0 Å². The van der Waals surface area contributed by atoms with Crippen molar-refractivity contribution in [3.63, 3.8) is 0 Å². The minimum absolute atomic E-state index is 0.0346. The average molecular weight is 451 g/mol. The molecule has 174 valence electrons. The van der Waals surface area contributed by atoms with Gasteiger partial charge in [0.05, 0.1) is 17.3 Å². The summed E-state index contributed by atoms with van der Waals surface area (Å²) >= 11 is 0. The summed E-state index contributed by atoms with van der Waals surface area (Å²) in [6.45, 7) is 15.4. The summed E-state index contributed by atoms with van der Waals surface area (Å²) in [6, 6.07) is 3.87. The molecule has 2 fully saturated rings. The average Bonchev–Trinajstić information content (AvgIpc) is 3.51. The standard InChI is InChI=1S/C25H31FN6O/c1-16(2)22(30-24(28-5)33-15-25-10-6-12-32(25)13-7-11-25)21(26)23(27-4)20-17(3)8-9-19-18(20)14-29-31-19/h8-9,14H,4-7,10-13,15H2,1-3H3,(H,29,31)/b23-21+,30-24?. The predicted octanol–water partition coefficient (Wildman–Crippen LogP) is 5.21. The highest BCUT2D eigenvalue weighted by Crippen LogP contribution is 2.39. The number of nitrogens with zero attached hydrogens (tertiary/aromatic N) is 5. The molecule has 0 unspecified atom stereocenters. The van der Waals surface area contributed by atoms with Crippen LogP contribution in [0.5, 0.6) is 0 Å². The number of aryl methyl sites for hydroxylation is 1. The van der Waals surface area contributed by atoms with Crippen molar-refractivity contribution < 1.29 is 9.13 Å². The van der Waals surface area contributed by atoms with Gasteiger partial charge in [-0.3, -0.25) is 15.0 Å². The second-order valence-corrected chi connectivity index (χ2v) is 9.02. The van der Waals surface area contributed by atoms with Gasteiger partial charge >= 0.3 is 6.02 Å². The fourth-order valence-electron chi connectivity index (χ4n) is 5.06. The van der Waals surface area contributed by atoms with E-state index in [1.807, 2.05) is 19.1 Å². The second-order valence-electron chi connectivity index (χ2n) is 9.02. The first kappa shape index (κ1) is 23.0. The third kappa shape index (κ3) is 4.27. The Kier molecular flexibility index (Phi) is 6.56. The predicted molar refractivity (Wildman–Crippen MR) is 132 cm³/mol. The summed E-state index contributed by atoms with van der Waals surface area (Å²) in [5.74, 6) is -0.590. The smallest absolute Gasteiger partial charge is 0.316 e. The van der Waals surface area contributed by atoms with Crippen molar-refractivity contribution in [1.82, 2.24) is 15.1 Å². The van der Waals surface area contributed by atoms with Gasteiger partial charge in [-0.05, 0) is 90.2 Å². The second kappa shape index (κ2) is 9.39. The number of H-pyrrole nitrogens is 1. The maximum absolute atomic E-state index is 16.0. The summed E-state index contributed by atoms with van der Waals surface area (Å²) in [4.78, 5) is 14.9. The van der Waals surface area contributed by atoms with Gasteiger partial charge in [-0.2, -0.15) is 10.1 Å². The number of aliphatic imine (C=N–C) groups is 3. The molecule has 0 radical (unpaired) electrons. The Labute approximate surface area is 193 Å². The molecule has 8 heteroatoms. The van der Waals surface area contributed by atoms with Gasteiger partial charge in [0.25, 0.3) is 0 Å². The largest absolute Gasteiger partial charge is 0.461 e. The van der Waals surface area contributed by atoms with Gasteiger partial charge in [-0.1, -0.05) is 6.07 Å². The molecule has 7 nitrogen and oxygen atoms in total. The lowest BCUT2D eigenvalue weighted by Gasteiger charge is -2.31. The van der Waals surface area contributed by atoms with Crippen LogP contribution in [0.2, 0.25) is 0 Å². The molecule has 1 aromatic heterocycles. The maximum atomic E-state index is 16.0. The maximum Gasteiger partial charge on any atom is 0.316 e. The first-order valence-electron chi connectivity index (χ1n) is 11.3. The fourth-order valence-corrected chi connectivity index (χ4v) is 5.06. The molecular formula is C25H31FN6O. The van der Waals surface area contributed by atoms with E-state index in [-0.39, 0.29) is 23.0 Å². The van der Waals surface area contributed by atoms with Gasteiger partial charge in [0.2, 0.25) is 0 Å². The third-order valence-corrected chi connectivity index (χ3v) is 6.74. The molecule has 0 amide bonds. The first-order chi connectivity index (χ1) is 15.9. The number of ether oxygens (including phenoxy) is 1. The topological polar surface area (TPSA) is 78.2 Å². The van der Waals surface area contributed by atoms with E-state index in [1.54, 1.807) is 20.0 Å². The number of amidine groups is 1. The molecule has 2 saturated heterocycles. The first-order valence-corrected chi connectivity index (χ1v) is 11.3. The van der Waals surface area contributed by atoms with Gasteiger partial charge in [-0.15, -0.1) is 0 Å². The lowest BCUT2D eigenvalue weighted by atomic mass is 9.95. The highest BCUT2D eigenvalue weighted by molar-refractivity contribution is 5.94. The van der Waals surface area contributed by atoms with Gasteiger partial charge in [0.1, 0.15) is 18.0 Å². The van der Waals surface area contributed by atoms with E-state index in [9.17, 15) is 0 Å². The Morgan fingerprint density at radius 3 is 2.58 bits per heavy atom. The Bertz CT molecular complexity index is 1160. The third-order valence-electron chi connectivity index (χ3n) is 6.74. The lowest BCUT2D eigenvalue weighted by Crippen LogP contribution is -2.42. The Morgan fingerprint density at radius 1 is 1.21 bits per heavy atom. The minimum atomic E-state index is -0.590. The molecule has 1 N–H and O–H groups in total. The van der Waals surface area contributed by atoms with Crippen molar-refractivity contribution >= 4 is 36.1 Å². The van der Waals surface area contributed by atoms with E-state index in [4.69, 9.17) is 4.74 Å². The zero-order chi connectivity index (χ0) is 23.6. The normalized spacial score (nSPS) is 18.7. The molecule has 3 heterocycles. The Balaban J connectivity index is 1.70. The van der Waals surface area contributed by atoms with Gasteiger partial charge < -0.3 is 4.74 Å². The highest BCUT2D eigenvalue weighted by atomic mass is 19.1. The van der Waals surface area contributed by atoms with Crippen molar-refractivity contribution in [3.8, 4) is 0 Å². The van der Waals surface area contributed by atoms with Gasteiger partial charge in [0, 0.05) is 10.9 Å². The SMILES string of the molecule is C=NC(=NC(=C(C)C)/C(F)=C(\N=C)c1c(C)ccc2[nH]ncc12)OCC12CCCN1CCC2. The number of fused-ring (bicyclic) bond motifs is 2. The van der Waals surface area contributed by atoms with Crippen LogP contribution in [0.3, 0.4) is 0 Å². The molecular weight excluding hydrogens is 419 g/mol. The van der Waals surface area contributed by atoms with Crippen LogP contribution in [0, 0.1) is 6.92 Å². The van der Waals surface area contributed by atoms with Crippen molar-refractivity contribution in [2.24, 2.45) is 15.0 Å². The number of hydrogen-bond acceptors (Lipinski definition) is 5. The van der Waals surface area contributed by atoms with Crippen LogP contribution in [0.25, 0.3) is 16.6 Å². The molecule has 2 aromatic rings. The van der Waals surface area contributed by atoms with E-state index in [2.05, 4.69) is 43.5 Å². The number of halogens is 1. The monoisotopic (exact) mass is 450 g/mol. The van der Waals surface area contributed by atoms with E-state index in [0.717, 1.165) is 42.4 Å². The van der Waals surface area contributed by atoms with Crippen molar-refractivity contribution in [2.45, 2.75) is 52.0 Å². The fraction of sp³-hybridized carbons (Fsp3) is 0.440. The summed E-state index contributed by atoms with van der Waals surface area (Å²) in [5.41, 5.74) is 3.21. The number of rotatable bonds is 6. The quantitative estimate of drug-likeness (QED) is 0.373. The Hall–Kier alpha value is -3.13. The molecule has 1 aromatic carbocycles. The van der Waals surface area contributed by atoms with Gasteiger partial charge in [-0.25, -0.2) is 9.38 Å². The van der Waals surface area contributed by atoms with Crippen LogP contribution < -0.4 is 0 Å². The van der Waals surface area contributed by atoms with Crippen LogP contribution in [0.1, 0.15) is 50.7 Å². The molecule has 0 saturated carbocycles. The van der Waals surface area contributed by atoms with Crippen LogP contribution in [0.15, 0.2) is 50.4 Å².